The van der Waals surface area contributed by atoms with Crippen LogP contribution in [0.1, 0.15) is 26.3 Å². The normalized spacial score (nSPS) is 14.4. The van der Waals surface area contributed by atoms with Crippen LogP contribution in [0, 0.1) is 0 Å². The van der Waals surface area contributed by atoms with Crippen LogP contribution in [-0.4, -0.2) is 18.3 Å². The quantitative estimate of drug-likeness (QED) is 0.220. The second-order valence-corrected chi connectivity index (χ2v) is 18.6. The van der Waals surface area contributed by atoms with Crippen molar-refractivity contribution in [2.24, 2.45) is 0 Å². The number of hydrogen-bond acceptors (Lipinski definition) is 1. The fraction of sp³-hybridized carbons (Fsp3) is 0.121. The first-order chi connectivity index (χ1) is 17.0. The van der Waals surface area contributed by atoms with E-state index in [1.165, 1.54) is 45.7 Å². The Bertz CT molecular complexity index is 1720. The monoisotopic (exact) mass is 511 g/mol. The van der Waals surface area contributed by atoms with E-state index < -0.39 is 13.3 Å². The Morgan fingerprint density at radius 2 is 1.11 bits per heavy atom. The molecule has 0 radical (unpaired) electrons. The van der Waals surface area contributed by atoms with Crippen molar-refractivity contribution in [2.75, 3.05) is 0 Å². The van der Waals surface area contributed by atoms with Gasteiger partial charge in [-0.2, -0.15) is 0 Å². The van der Waals surface area contributed by atoms with Gasteiger partial charge in [0.15, 0.2) is 0 Å². The number of rotatable bonds is 2. The Labute approximate surface area is 208 Å². The Hall–Kier alpha value is -3.43. The predicted octanol–water partition coefficient (Wildman–Crippen LogP) is 5.53. The number of fused-ring (bicyclic) bond motifs is 3. The van der Waals surface area contributed by atoms with Gasteiger partial charge >= 0.3 is 209 Å². The molecule has 5 aromatic carbocycles. The van der Waals surface area contributed by atoms with Crippen molar-refractivity contribution in [3.8, 4) is 0 Å². The second-order valence-electron chi connectivity index (χ2n) is 10.8. The molecule has 0 atom stereocenters. The minimum atomic E-state index is -3.20. The van der Waals surface area contributed by atoms with Crippen molar-refractivity contribution >= 4 is 63.3 Å². The third-order valence-electron chi connectivity index (χ3n) is 7.90. The first kappa shape index (κ1) is 20.9. The van der Waals surface area contributed by atoms with Gasteiger partial charge in [0.1, 0.15) is 0 Å². The van der Waals surface area contributed by atoms with Crippen LogP contribution < -0.4 is 17.6 Å². The summed E-state index contributed by atoms with van der Waals surface area (Å²) in [5, 5.41) is 6.78. The molecule has 1 aromatic heterocycles. The van der Waals surface area contributed by atoms with Gasteiger partial charge in [-0.15, -0.1) is 0 Å². The molecule has 0 spiro atoms. The first-order valence-corrected chi connectivity index (χ1v) is 16.6. The molecule has 0 N–H and O–H groups in total. The summed E-state index contributed by atoms with van der Waals surface area (Å²) in [6, 6.07) is 39.0. The molecule has 0 saturated heterocycles. The molecule has 1 aliphatic heterocycles. The van der Waals surface area contributed by atoms with Gasteiger partial charge in [-0.1, -0.05) is 0 Å². The van der Waals surface area contributed by atoms with Gasteiger partial charge in [0, 0.05) is 0 Å². The Kier molecular flexibility index (Phi) is 4.35. The van der Waals surface area contributed by atoms with Crippen LogP contribution in [-0.2, 0) is 5.41 Å². The maximum absolute atomic E-state index is 5.10. The van der Waals surface area contributed by atoms with E-state index in [2.05, 4.69) is 130 Å². The predicted molar refractivity (Wildman–Crippen MR) is 153 cm³/mol. The van der Waals surface area contributed by atoms with Gasteiger partial charge in [-0.25, -0.2) is 0 Å². The summed E-state index contributed by atoms with van der Waals surface area (Å²) in [6.45, 7) is 6.81. The molecule has 1 aliphatic rings. The topological polar surface area (TPSA) is 12.9 Å². The van der Waals surface area contributed by atoms with Crippen LogP contribution in [0.5, 0.6) is 0 Å². The van der Waals surface area contributed by atoms with Gasteiger partial charge in [-0.05, 0) is 0 Å². The average Bonchev–Trinajstić information content (AvgIpc) is 3.20. The third kappa shape index (κ3) is 2.73. The Balaban J connectivity index is 1.74. The summed E-state index contributed by atoms with van der Waals surface area (Å²) in [4.78, 5) is 5.10. The number of aromatic nitrogens is 1. The molecular formula is C33H27GeN. The number of pyridine rings is 1. The van der Waals surface area contributed by atoms with E-state index in [1.54, 1.807) is 4.40 Å². The van der Waals surface area contributed by atoms with E-state index >= 15 is 0 Å². The van der Waals surface area contributed by atoms with E-state index in [4.69, 9.17) is 4.98 Å². The van der Waals surface area contributed by atoms with Crippen LogP contribution in [0.25, 0.3) is 32.4 Å². The van der Waals surface area contributed by atoms with Crippen LogP contribution in [0.15, 0.2) is 109 Å². The summed E-state index contributed by atoms with van der Waals surface area (Å²) in [5.74, 6) is 0. The molecule has 2 heterocycles. The van der Waals surface area contributed by atoms with Crippen LogP contribution >= 0.6 is 0 Å². The fourth-order valence-electron chi connectivity index (χ4n) is 6.30. The van der Waals surface area contributed by atoms with Crippen molar-refractivity contribution in [3.05, 3.63) is 115 Å². The molecule has 0 amide bonds. The van der Waals surface area contributed by atoms with Crippen LogP contribution in [0.4, 0.5) is 0 Å². The SMILES string of the molecule is CC(C)(C)c1cnc2c(c1)c1ccc[c]3c1c1[c](cccc21)[Ge]3([c]1ccccc1)[c]1ccccc1. The molecule has 35 heavy (non-hydrogen) atoms. The zero-order valence-corrected chi connectivity index (χ0v) is 22.4. The van der Waals surface area contributed by atoms with Crippen LogP contribution in [0.2, 0.25) is 0 Å². The van der Waals surface area contributed by atoms with Gasteiger partial charge in [-0.3, -0.25) is 0 Å². The van der Waals surface area contributed by atoms with Crippen molar-refractivity contribution in [1.29, 1.82) is 0 Å². The molecular weight excluding hydrogens is 483 g/mol. The van der Waals surface area contributed by atoms with Gasteiger partial charge in [0.05, 0.1) is 0 Å². The summed E-state index contributed by atoms with van der Waals surface area (Å²) >= 11 is -3.20. The number of benzene rings is 5. The molecule has 7 rings (SSSR count). The van der Waals surface area contributed by atoms with Crippen molar-refractivity contribution in [3.63, 3.8) is 0 Å². The van der Waals surface area contributed by atoms with Crippen molar-refractivity contribution in [1.82, 2.24) is 4.98 Å². The first-order valence-electron chi connectivity index (χ1n) is 12.4. The Morgan fingerprint density at radius 3 is 1.69 bits per heavy atom. The van der Waals surface area contributed by atoms with E-state index in [0.717, 1.165) is 5.52 Å². The zero-order valence-electron chi connectivity index (χ0n) is 20.3. The number of nitrogens with zero attached hydrogens (tertiary/aromatic N) is 1. The average molecular weight is 510 g/mol. The van der Waals surface area contributed by atoms with E-state index in [-0.39, 0.29) is 5.41 Å². The third-order valence-corrected chi connectivity index (χ3v) is 18.1. The zero-order chi connectivity index (χ0) is 23.8. The summed E-state index contributed by atoms with van der Waals surface area (Å²) < 4.78 is 6.06. The molecule has 6 aromatic rings. The molecule has 0 saturated carbocycles. The molecule has 0 unspecified atom stereocenters. The molecule has 0 fully saturated rings. The van der Waals surface area contributed by atoms with Gasteiger partial charge < -0.3 is 0 Å². The molecule has 0 bridgehead atoms. The number of hydrogen-bond donors (Lipinski definition) is 0. The summed E-state index contributed by atoms with van der Waals surface area (Å²) in [6.07, 6.45) is 2.09. The Morgan fingerprint density at radius 1 is 0.571 bits per heavy atom. The maximum atomic E-state index is 5.10. The fourth-order valence-corrected chi connectivity index (χ4v) is 17.2. The van der Waals surface area contributed by atoms with E-state index in [1.807, 2.05) is 0 Å². The summed E-state index contributed by atoms with van der Waals surface area (Å²) in [7, 11) is 0. The van der Waals surface area contributed by atoms with Crippen molar-refractivity contribution < 1.29 is 0 Å². The second kappa shape index (κ2) is 7.29. The van der Waals surface area contributed by atoms with E-state index in [9.17, 15) is 0 Å². The van der Waals surface area contributed by atoms with Gasteiger partial charge in [0.25, 0.3) is 0 Å². The molecule has 0 aliphatic carbocycles. The minimum absolute atomic E-state index is 0.0533. The molecule has 168 valence electrons. The summed E-state index contributed by atoms with van der Waals surface area (Å²) in [5.41, 5.74) is 2.46. The van der Waals surface area contributed by atoms with Crippen LogP contribution in [0.3, 0.4) is 0 Å². The van der Waals surface area contributed by atoms with Crippen molar-refractivity contribution in [2.45, 2.75) is 26.2 Å². The standard InChI is InChI=1S/C33H27GeN/c1-33(2,3)22-20-27-25-16-10-18-28-30(25)31-26(32(27)35-21-22)17-11-19-29(31)34(28,23-12-6-4-7-13-23)24-14-8-5-9-15-24/h4-21H,1-3H3. The molecule has 1 nitrogen and oxygen atoms in total. The van der Waals surface area contributed by atoms with Gasteiger partial charge in [0.2, 0.25) is 0 Å². The molecule has 2 heteroatoms. The van der Waals surface area contributed by atoms with E-state index in [0.29, 0.717) is 0 Å².